The molecule has 2 atom stereocenters. The van der Waals surface area contributed by atoms with Gasteiger partial charge in [-0.15, -0.1) is 0 Å². The summed E-state index contributed by atoms with van der Waals surface area (Å²) in [5.74, 6) is -0.277. The number of benzene rings is 2. The summed E-state index contributed by atoms with van der Waals surface area (Å²) in [6.07, 6.45) is 4.22. The summed E-state index contributed by atoms with van der Waals surface area (Å²) >= 11 is 0. The van der Waals surface area contributed by atoms with E-state index < -0.39 is 5.97 Å². The molecule has 5 heteroatoms. The van der Waals surface area contributed by atoms with Gasteiger partial charge in [-0.2, -0.15) is 0 Å². The molecule has 2 aromatic carbocycles. The van der Waals surface area contributed by atoms with Crippen LogP contribution in [0.1, 0.15) is 56.6 Å². The zero-order valence-corrected chi connectivity index (χ0v) is 19.4. The van der Waals surface area contributed by atoms with E-state index in [-0.39, 0.29) is 30.8 Å². The van der Waals surface area contributed by atoms with Crippen LogP contribution in [0.5, 0.6) is 5.75 Å². The highest BCUT2D eigenvalue weighted by molar-refractivity contribution is 6.11. The van der Waals surface area contributed by atoms with Crippen molar-refractivity contribution in [3.63, 3.8) is 0 Å². The number of aryl methyl sites for hydroxylation is 1. The number of esters is 1. The Labute approximate surface area is 195 Å². The van der Waals surface area contributed by atoms with E-state index in [4.69, 9.17) is 14.5 Å². The van der Waals surface area contributed by atoms with Crippen molar-refractivity contribution in [3.8, 4) is 5.75 Å². The van der Waals surface area contributed by atoms with Crippen molar-refractivity contribution >= 4 is 17.5 Å². The van der Waals surface area contributed by atoms with Gasteiger partial charge < -0.3 is 9.47 Å². The second-order valence-electron chi connectivity index (χ2n) is 8.67. The van der Waals surface area contributed by atoms with Gasteiger partial charge in [-0.1, -0.05) is 55.8 Å². The van der Waals surface area contributed by atoms with Gasteiger partial charge in [0.1, 0.15) is 24.7 Å². The normalized spacial score (nSPS) is 20.2. The summed E-state index contributed by atoms with van der Waals surface area (Å²) in [5, 5.41) is 0. The van der Waals surface area contributed by atoms with Crippen LogP contribution in [0, 0.1) is 5.92 Å². The quantitative estimate of drug-likeness (QED) is 0.401. The van der Waals surface area contributed by atoms with Crippen molar-refractivity contribution in [2.75, 3.05) is 13.2 Å². The molecule has 0 aromatic heterocycles. The molecule has 0 bridgehead atoms. The van der Waals surface area contributed by atoms with E-state index in [1.165, 1.54) is 5.56 Å². The Morgan fingerprint density at radius 2 is 1.76 bits per heavy atom. The second kappa shape index (κ2) is 10.6. The largest absolute Gasteiger partial charge is 0.490 e. The number of rotatable bonds is 8. The molecular formula is C28H31NO4. The monoisotopic (exact) mass is 445 g/mol. The zero-order chi connectivity index (χ0) is 23.2. The first-order valence-corrected chi connectivity index (χ1v) is 11.8. The summed E-state index contributed by atoms with van der Waals surface area (Å²) in [5.41, 5.74) is 4.25. The fourth-order valence-corrected chi connectivity index (χ4v) is 4.81. The highest BCUT2D eigenvalue weighted by Crippen LogP contribution is 2.43. The van der Waals surface area contributed by atoms with E-state index in [1.54, 1.807) is 0 Å². The molecule has 1 saturated carbocycles. The number of ketones is 1. The summed E-state index contributed by atoms with van der Waals surface area (Å²) in [6.45, 7) is 4.38. The van der Waals surface area contributed by atoms with Crippen LogP contribution in [0.15, 0.2) is 70.9 Å². The van der Waals surface area contributed by atoms with Crippen LogP contribution in [0.3, 0.4) is 0 Å². The molecule has 172 valence electrons. The van der Waals surface area contributed by atoms with E-state index in [9.17, 15) is 9.59 Å². The lowest BCUT2D eigenvalue weighted by Gasteiger charge is -2.35. The van der Waals surface area contributed by atoms with E-state index in [0.29, 0.717) is 17.7 Å². The highest BCUT2D eigenvalue weighted by Gasteiger charge is 2.43. The van der Waals surface area contributed by atoms with Gasteiger partial charge in [-0.3, -0.25) is 9.79 Å². The molecule has 0 spiro atoms. The molecule has 0 saturated heterocycles. The molecule has 5 nitrogen and oxygen atoms in total. The summed E-state index contributed by atoms with van der Waals surface area (Å²) in [7, 11) is 0. The van der Waals surface area contributed by atoms with E-state index in [0.717, 1.165) is 42.7 Å². The summed E-state index contributed by atoms with van der Waals surface area (Å²) < 4.78 is 11.2. The number of ether oxygens (including phenoxy) is 2. The number of hydrogen-bond donors (Lipinski definition) is 0. The fraction of sp³-hybridized carbons (Fsp3) is 0.393. The van der Waals surface area contributed by atoms with Gasteiger partial charge in [0, 0.05) is 23.7 Å². The van der Waals surface area contributed by atoms with E-state index >= 15 is 0 Å². The Bertz CT molecular complexity index is 1050. The van der Waals surface area contributed by atoms with Crippen molar-refractivity contribution in [1.82, 2.24) is 0 Å². The predicted octanol–water partition coefficient (Wildman–Crippen LogP) is 5.44. The maximum Gasteiger partial charge on any atom is 0.336 e. The molecule has 2 aliphatic rings. The summed E-state index contributed by atoms with van der Waals surface area (Å²) in [6, 6.07) is 17.7. The van der Waals surface area contributed by atoms with Crippen molar-refractivity contribution < 1.29 is 19.1 Å². The second-order valence-corrected chi connectivity index (χ2v) is 8.67. The summed E-state index contributed by atoms with van der Waals surface area (Å²) in [4.78, 5) is 30.9. The molecule has 2 aromatic rings. The Morgan fingerprint density at radius 3 is 2.48 bits per heavy atom. The molecular weight excluding hydrogens is 414 g/mol. The molecule has 4 rings (SSSR count). The number of aliphatic imine (C=N–C) groups is 1. The fourth-order valence-electron chi connectivity index (χ4n) is 4.81. The Balaban J connectivity index is 1.56. The van der Waals surface area contributed by atoms with Crippen LogP contribution < -0.4 is 4.74 Å². The number of nitrogens with zero attached hydrogens (tertiary/aromatic N) is 1. The average Bonchev–Trinajstić information content (AvgIpc) is 2.82. The first kappa shape index (κ1) is 23.0. The third-order valence-electron chi connectivity index (χ3n) is 6.33. The number of carbonyl (C=O) groups excluding carboxylic acids is 2. The number of fused-ring (bicyclic) bond motifs is 1. The maximum atomic E-state index is 13.2. The molecule has 0 amide bonds. The molecule has 0 radical (unpaired) electrons. The number of Topliss-reactive ketones (excluding diaryl/α,β-unsaturated/α-hetero) is 1. The van der Waals surface area contributed by atoms with Crippen LogP contribution in [-0.4, -0.2) is 30.7 Å². The van der Waals surface area contributed by atoms with Crippen molar-refractivity contribution in [2.24, 2.45) is 10.9 Å². The third kappa shape index (κ3) is 5.24. The van der Waals surface area contributed by atoms with Crippen LogP contribution in [0.25, 0.3) is 0 Å². The van der Waals surface area contributed by atoms with Gasteiger partial charge >= 0.3 is 5.97 Å². The number of allylic oxidation sites excluding steroid dienone is 1. The molecule has 1 aliphatic carbocycles. The van der Waals surface area contributed by atoms with Crippen LogP contribution in [0.4, 0.5) is 0 Å². The van der Waals surface area contributed by atoms with E-state index in [2.05, 4.69) is 31.2 Å². The van der Waals surface area contributed by atoms with Crippen LogP contribution in [-0.2, 0) is 20.7 Å². The van der Waals surface area contributed by atoms with Gasteiger partial charge in [0.05, 0.1) is 11.5 Å². The third-order valence-corrected chi connectivity index (χ3v) is 6.33. The maximum absolute atomic E-state index is 13.2. The lowest BCUT2D eigenvalue weighted by atomic mass is 9.69. The molecule has 1 fully saturated rings. The van der Waals surface area contributed by atoms with Gasteiger partial charge in [0.2, 0.25) is 0 Å². The van der Waals surface area contributed by atoms with Gasteiger partial charge in [-0.25, -0.2) is 4.79 Å². The zero-order valence-electron chi connectivity index (χ0n) is 19.4. The standard InChI is InChI=1S/C28H31NO4/c1-3-8-20-13-15-21(16-14-20)26-25(19(2)29-23-11-7-12-24(30)27(23)26)28(31)33-18-17-32-22-9-5-4-6-10-22/h4-6,9-10,13-16,26-27H,3,7-8,11-12,17-18H2,1-2H3. The van der Waals surface area contributed by atoms with Gasteiger partial charge in [-0.05, 0) is 49.4 Å². The van der Waals surface area contributed by atoms with Crippen LogP contribution in [0.2, 0.25) is 0 Å². The average molecular weight is 446 g/mol. The topological polar surface area (TPSA) is 65.0 Å². The lowest BCUT2D eigenvalue weighted by molar-refractivity contribution is -0.140. The van der Waals surface area contributed by atoms with Crippen LogP contribution >= 0.6 is 0 Å². The SMILES string of the molecule is CCCc1ccc(C2C(C(=O)OCCOc3ccccc3)=C(C)N=C3CCCC(=O)C32)cc1. The molecule has 33 heavy (non-hydrogen) atoms. The molecule has 1 aliphatic heterocycles. The molecule has 0 N–H and O–H groups in total. The number of para-hydroxylation sites is 1. The van der Waals surface area contributed by atoms with E-state index in [1.807, 2.05) is 37.3 Å². The highest BCUT2D eigenvalue weighted by atomic mass is 16.6. The Hall–Kier alpha value is -3.21. The molecule has 1 heterocycles. The minimum atomic E-state index is -0.423. The lowest BCUT2D eigenvalue weighted by Crippen LogP contribution is -2.39. The Morgan fingerprint density at radius 1 is 1.00 bits per heavy atom. The van der Waals surface area contributed by atoms with Gasteiger partial charge in [0.15, 0.2) is 0 Å². The predicted molar refractivity (Wildman–Crippen MR) is 129 cm³/mol. The van der Waals surface area contributed by atoms with Crippen molar-refractivity contribution in [3.05, 3.63) is 77.0 Å². The number of hydrogen-bond acceptors (Lipinski definition) is 5. The first-order valence-electron chi connectivity index (χ1n) is 11.8. The van der Waals surface area contributed by atoms with Crippen molar-refractivity contribution in [1.29, 1.82) is 0 Å². The number of carbonyl (C=O) groups is 2. The smallest absolute Gasteiger partial charge is 0.336 e. The Kier molecular flexibility index (Phi) is 7.38. The minimum absolute atomic E-state index is 0.127. The minimum Gasteiger partial charge on any atom is -0.490 e. The first-order chi connectivity index (χ1) is 16.1. The van der Waals surface area contributed by atoms with Crippen molar-refractivity contribution in [2.45, 2.75) is 51.9 Å². The van der Waals surface area contributed by atoms with Gasteiger partial charge in [0.25, 0.3) is 0 Å². The molecule has 2 unspecified atom stereocenters.